The Balaban J connectivity index is 2.23. The molecule has 1 aliphatic rings. The Morgan fingerprint density at radius 3 is 2.56 bits per heavy atom. The second-order valence-corrected chi connectivity index (χ2v) is 5.78. The molecule has 1 N–H and O–H groups in total. The average molecular weight is 265 g/mol. The molecule has 0 radical (unpaired) electrons. The van der Waals surface area contributed by atoms with Crippen LogP contribution >= 0.6 is 11.8 Å². The van der Waals surface area contributed by atoms with E-state index in [9.17, 15) is 14.7 Å². The van der Waals surface area contributed by atoms with Gasteiger partial charge in [0.25, 0.3) is 0 Å². The van der Waals surface area contributed by atoms with Crippen LogP contribution in [-0.2, 0) is 9.59 Å². The van der Waals surface area contributed by atoms with Gasteiger partial charge in [0.15, 0.2) is 0 Å². The second kappa shape index (κ2) is 4.65. The Hall–Kier alpha value is -1.49. The van der Waals surface area contributed by atoms with E-state index >= 15 is 0 Å². The number of rotatable bonds is 3. The van der Waals surface area contributed by atoms with Crippen LogP contribution in [0.3, 0.4) is 0 Å². The van der Waals surface area contributed by atoms with Crippen molar-refractivity contribution in [3.8, 4) is 0 Å². The molecule has 1 amide bonds. The zero-order valence-electron chi connectivity index (χ0n) is 10.3. The summed E-state index contributed by atoms with van der Waals surface area (Å²) in [6, 6.07) is 9.45. The van der Waals surface area contributed by atoms with E-state index in [1.54, 1.807) is 13.8 Å². The maximum absolute atomic E-state index is 12.3. The van der Waals surface area contributed by atoms with Crippen LogP contribution in [0.4, 0.5) is 0 Å². The van der Waals surface area contributed by atoms with Gasteiger partial charge in [-0.05, 0) is 19.4 Å². The maximum atomic E-state index is 12.3. The fraction of sp³-hybridized carbons (Fsp3) is 0.385. The fourth-order valence-corrected chi connectivity index (χ4v) is 3.21. The van der Waals surface area contributed by atoms with Gasteiger partial charge in [-0.1, -0.05) is 30.3 Å². The minimum absolute atomic E-state index is 0.126. The number of nitrogens with zero attached hydrogens (tertiary/aromatic N) is 1. The first-order chi connectivity index (χ1) is 8.44. The summed E-state index contributed by atoms with van der Waals surface area (Å²) in [4.78, 5) is 24.9. The number of hydrogen-bond acceptors (Lipinski definition) is 3. The molecule has 1 saturated heterocycles. The molecular weight excluding hydrogens is 250 g/mol. The van der Waals surface area contributed by atoms with Crippen LogP contribution in [0.15, 0.2) is 30.3 Å². The van der Waals surface area contributed by atoms with Crippen molar-refractivity contribution < 1.29 is 14.7 Å². The topological polar surface area (TPSA) is 57.6 Å². The predicted octanol–water partition coefficient (Wildman–Crippen LogP) is 2.12. The molecule has 0 bridgehead atoms. The van der Waals surface area contributed by atoms with Crippen LogP contribution < -0.4 is 0 Å². The average Bonchev–Trinajstić information content (AvgIpc) is 2.72. The predicted molar refractivity (Wildman–Crippen MR) is 70.2 cm³/mol. The molecule has 4 nitrogen and oxygen atoms in total. The minimum atomic E-state index is -1.16. The molecule has 0 aromatic heterocycles. The van der Waals surface area contributed by atoms with Crippen molar-refractivity contribution in [2.75, 3.05) is 5.88 Å². The van der Waals surface area contributed by atoms with Gasteiger partial charge >= 0.3 is 5.97 Å². The molecule has 0 saturated carbocycles. The quantitative estimate of drug-likeness (QED) is 0.909. The molecule has 18 heavy (non-hydrogen) atoms. The maximum Gasteiger partial charge on any atom is 0.329 e. The zero-order valence-corrected chi connectivity index (χ0v) is 11.1. The highest BCUT2D eigenvalue weighted by Gasteiger charge is 2.45. The Morgan fingerprint density at radius 2 is 2.00 bits per heavy atom. The van der Waals surface area contributed by atoms with Crippen molar-refractivity contribution in [1.29, 1.82) is 0 Å². The Kier molecular flexibility index (Phi) is 3.34. The molecule has 1 aromatic rings. The number of aliphatic carboxylic acids is 1. The van der Waals surface area contributed by atoms with Crippen LogP contribution in [0.5, 0.6) is 0 Å². The standard InChI is InChI=1S/C13H15NO3S/c1-13(2,12(16)17)14-8-18-10(11(14)15)9-6-4-3-5-7-9/h3-7,10H,8H2,1-2H3,(H,16,17). The first kappa shape index (κ1) is 13.0. The third-order valence-electron chi connectivity index (χ3n) is 3.16. The molecular formula is C13H15NO3S. The van der Waals surface area contributed by atoms with Crippen molar-refractivity contribution in [2.45, 2.75) is 24.6 Å². The van der Waals surface area contributed by atoms with Crippen LogP contribution in [0.1, 0.15) is 24.7 Å². The number of carboxylic acid groups (broad SMARTS) is 1. The summed E-state index contributed by atoms with van der Waals surface area (Å²) in [5.74, 6) is -0.693. The number of carbonyl (C=O) groups excluding carboxylic acids is 1. The lowest BCUT2D eigenvalue weighted by atomic mass is 10.0. The van der Waals surface area contributed by atoms with Crippen molar-refractivity contribution in [1.82, 2.24) is 4.90 Å². The Labute approximate surface area is 110 Å². The van der Waals surface area contributed by atoms with E-state index in [1.165, 1.54) is 16.7 Å². The third-order valence-corrected chi connectivity index (χ3v) is 4.38. The minimum Gasteiger partial charge on any atom is -0.480 e. The number of carbonyl (C=O) groups is 2. The smallest absolute Gasteiger partial charge is 0.329 e. The van der Waals surface area contributed by atoms with Crippen molar-refractivity contribution in [2.24, 2.45) is 0 Å². The Morgan fingerprint density at radius 1 is 1.39 bits per heavy atom. The van der Waals surface area contributed by atoms with Gasteiger partial charge in [0.1, 0.15) is 10.8 Å². The molecule has 2 rings (SSSR count). The summed E-state index contributed by atoms with van der Waals surface area (Å²) in [5, 5.41) is 8.89. The van der Waals surface area contributed by atoms with Gasteiger partial charge in [0, 0.05) is 0 Å². The first-order valence-corrected chi connectivity index (χ1v) is 6.71. The van der Waals surface area contributed by atoms with Gasteiger partial charge < -0.3 is 10.0 Å². The molecule has 5 heteroatoms. The summed E-state index contributed by atoms with van der Waals surface area (Å²) < 4.78 is 0. The van der Waals surface area contributed by atoms with Crippen LogP contribution in [-0.4, -0.2) is 33.3 Å². The number of hydrogen-bond donors (Lipinski definition) is 1. The van der Waals surface area contributed by atoms with Crippen LogP contribution in [0.2, 0.25) is 0 Å². The SMILES string of the molecule is CC(C)(C(=O)O)N1CSC(c2ccccc2)C1=O. The number of benzene rings is 1. The van der Waals surface area contributed by atoms with Gasteiger partial charge in [-0.3, -0.25) is 4.79 Å². The highest BCUT2D eigenvalue weighted by atomic mass is 32.2. The van der Waals surface area contributed by atoms with E-state index in [-0.39, 0.29) is 11.2 Å². The molecule has 1 atom stereocenters. The van der Waals surface area contributed by atoms with E-state index in [0.29, 0.717) is 5.88 Å². The van der Waals surface area contributed by atoms with E-state index in [1.807, 2.05) is 30.3 Å². The molecule has 96 valence electrons. The molecule has 1 heterocycles. The van der Waals surface area contributed by atoms with Gasteiger partial charge in [-0.25, -0.2) is 4.79 Å². The van der Waals surface area contributed by atoms with Crippen LogP contribution in [0, 0.1) is 0 Å². The number of amides is 1. The third kappa shape index (κ3) is 2.10. The fourth-order valence-electron chi connectivity index (χ4n) is 1.84. The monoisotopic (exact) mass is 265 g/mol. The zero-order chi connectivity index (χ0) is 13.3. The normalized spacial score (nSPS) is 20.2. The van der Waals surface area contributed by atoms with E-state index < -0.39 is 11.5 Å². The van der Waals surface area contributed by atoms with Gasteiger partial charge in [-0.15, -0.1) is 11.8 Å². The van der Waals surface area contributed by atoms with Gasteiger partial charge in [-0.2, -0.15) is 0 Å². The molecule has 1 aliphatic heterocycles. The summed E-state index contributed by atoms with van der Waals surface area (Å²) in [6.07, 6.45) is 0. The largest absolute Gasteiger partial charge is 0.480 e. The summed E-state index contributed by atoms with van der Waals surface area (Å²) >= 11 is 1.47. The number of carboxylic acids is 1. The van der Waals surface area contributed by atoms with E-state index in [4.69, 9.17) is 0 Å². The lowest BCUT2D eigenvalue weighted by Crippen LogP contribution is -2.51. The molecule has 0 spiro atoms. The summed E-state index contributed by atoms with van der Waals surface area (Å²) in [5.41, 5.74) is -0.232. The van der Waals surface area contributed by atoms with Crippen molar-refractivity contribution in [3.63, 3.8) is 0 Å². The van der Waals surface area contributed by atoms with Gasteiger partial charge in [0.2, 0.25) is 5.91 Å². The summed E-state index contributed by atoms with van der Waals surface area (Å²) in [6.45, 7) is 3.11. The molecule has 1 unspecified atom stereocenters. The molecule has 1 aromatic carbocycles. The van der Waals surface area contributed by atoms with Gasteiger partial charge in [0.05, 0.1) is 5.88 Å². The van der Waals surface area contributed by atoms with Crippen LogP contribution in [0.25, 0.3) is 0 Å². The highest BCUT2D eigenvalue weighted by Crippen LogP contribution is 2.40. The second-order valence-electron chi connectivity index (χ2n) is 4.72. The summed E-state index contributed by atoms with van der Waals surface area (Å²) in [7, 11) is 0. The molecule has 1 fully saturated rings. The lowest BCUT2D eigenvalue weighted by molar-refractivity contribution is -0.154. The van der Waals surface area contributed by atoms with Crippen molar-refractivity contribution in [3.05, 3.63) is 35.9 Å². The van der Waals surface area contributed by atoms with E-state index in [0.717, 1.165) is 5.56 Å². The first-order valence-electron chi connectivity index (χ1n) is 5.66. The number of thioether (sulfide) groups is 1. The lowest BCUT2D eigenvalue weighted by Gasteiger charge is -2.30. The van der Waals surface area contributed by atoms with Crippen molar-refractivity contribution >= 4 is 23.6 Å². The Bertz CT molecular complexity index is 472. The molecule has 0 aliphatic carbocycles. The van der Waals surface area contributed by atoms with E-state index in [2.05, 4.69) is 0 Å². The highest BCUT2D eigenvalue weighted by molar-refractivity contribution is 8.00.